The molecule has 1 saturated heterocycles. The number of carbonyl (C=O) groups is 2. The Bertz CT molecular complexity index is 811. The van der Waals surface area contributed by atoms with Gasteiger partial charge >= 0.3 is 0 Å². The zero-order chi connectivity index (χ0) is 20.6. The summed E-state index contributed by atoms with van der Waals surface area (Å²) >= 11 is 1.71. The number of thioether (sulfide) groups is 1. The SMILES string of the molecule is CC(=O)Nc1ccc(SC[C@H](Cc2ccccc2)N2CC[C@@H](O)CCC2=O)cc1. The van der Waals surface area contributed by atoms with E-state index in [1.165, 1.54) is 12.5 Å². The van der Waals surface area contributed by atoms with E-state index < -0.39 is 6.10 Å². The van der Waals surface area contributed by atoms with E-state index in [9.17, 15) is 14.7 Å². The Labute approximate surface area is 176 Å². The van der Waals surface area contributed by atoms with Crippen LogP contribution in [0.25, 0.3) is 0 Å². The lowest BCUT2D eigenvalue weighted by atomic mass is 10.1. The molecule has 29 heavy (non-hydrogen) atoms. The number of nitrogens with zero attached hydrogens (tertiary/aromatic N) is 1. The molecule has 0 aromatic heterocycles. The molecular weight excluding hydrogens is 384 g/mol. The molecule has 154 valence electrons. The normalized spacial score (nSPS) is 18.2. The van der Waals surface area contributed by atoms with Gasteiger partial charge in [0, 0.05) is 42.3 Å². The molecule has 5 nitrogen and oxygen atoms in total. The molecule has 0 spiro atoms. The van der Waals surface area contributed by atoms with Gasteiger partial charge in [-0.15, -0.1) is 11.8 Å². The van der Waals surface area contributed by atoms with Gasteiger partial charge in [0.05, 0.1) is 6.10 Å². The summed E-state index contributed by atoms with van der Waals surface area (Å²) in [6, 6.07) is 18.1. The van der Waals surface area contributed by atoms with E-state index in [-0.39, 0.29) is 17.9 Å². The highest BCUT2D eigenvalue weighted by Gasteiger charge is 2.27. The van der Waals surface area contributed by atoms with E-state index in [1.807, 2.05) is 47.4 Å². The van der Waals surface area contributed by atoms with E-state index in [0.29, 0.717) is 25.8 Å². The van der Waals surface area contributed by atoms with Crippen molar-refractivity contribution in [3.8, 4) is 0 Å². The number of hydrogen-bond acceptors (Lipinski definition) is 4. The summed E-state index contributed by atoms with van der Waals surface area (Å²) in [4.78, 5) is 26.9. The smallest absolute Gasteiger partial charge is 0.222 e. The average Bonchev–Trinajstić information content (AvgIpc) is 2.88. The lowest BCUT2D eigenvalue weighted by molar-refractivity contribution is -0.132. The van der Waals surface area contributed by atoms with Gasteiger partial charge in [-0.2, -0.15) is 0 Å². The highest BCUT2D eigenvalue weighted by Crippen LogP contribution is 2.26. The van der Waals surface area contributed by atoms with Gasteiger partial charge in [0.15, 0.2) is 0 Å². The Morgan fingerprint density at radius 1 is 1.17 bits per heavy atom. The number of aliphatic hydroxyl groups is 1. The number of carbonyl (C=O) groups excluding carboxylic acids is 2. The van der Waals surface area contributed by atoms with Gasteiger partial charge in [-0.3, -0.25) is 9.59 Å². The Morgan fingerprint density at radius 2 is 1.90 bits per heavy atom. The molecule has 0 radical (unpaired) electrons. The van der Waals surface area contributed by atoms with Crippen LogP contribution in [-0.4, -0.2) is 46.3 Å². The first-order chi connectivity index (χ1) is 14.0. The number of hydrogen-bond donors (Lipinski definition) is 2. The largest absolute Gasteiger partial charge is 0.393 e. The number of likely N-dealkylation sites (tertiary alicyclic amines) is 1. The number of nitrogens with one attached hydrogen (secondary N) is 1. The van der Waals surface area contributed by atoms with Crippen LogP contribution >= 0.6 is 11.8 Å². The van der Waals surface area contributed by atoms with Crippen LogP contribution in [0.2, 0.25) is 0 Å². The molecule has 3 rings (SSSR count). The van der Waals surface area contributed by atoms with E-state index in [4.69, 9.17) is 0 Å². The summed E-state index contributed by atoms with van der Waals surface area (Å²) in [5.74, 6) is 0.815. The van der Waals surface area contributed by atoms with Crippen LogP contribution in [0.1, 0.15) is 31.7 Å². The number of anilines is 1. The van der Waals surface area contributed by atoms with Gasteiger partial charge in [0.2, 0.25) is 11.8 Å². The fourth-order valence-corrected chi connectivity index (χ4v) is 4.56. The predicted octanol–water partition coefficient (Wildman–Crippen LogP) is 3.72. The molecule has 2 N–H and O–H groups in total. The van der Waals surface area contributed by atoms with Crippen molar-refractivity contribution in [3.63, 3.8) is 0 Å². The number of benzene rings is 2. The van der Waals surface area contributed by atoms with E-state index in [2.05, 4.69) is 17.4 Å². The summed E-state index contributed by atoms with van der Waals surface area (Å²) < 4.78 is 0. The summed E-state index contributed by atoms with van der Waals surface area (Å²) in [7, 11) is 0. The van der Waals surface area contributed by atoms with Gasteiger partial charge < -0.3 is 15.3 Å². The van der Waals surface area contributed by atoms with Crippen LogP contribution in [-0.2, 0) is 16.0 Å². The Hall–Kier alpha value is -2.31. The minimum Gasteiger partial charge on any atom is -0.393 e. The first kappa shape index (κ1) is 21.4. The summed E-state index contributed by atoms with van der Waals surface area (Å²) in [6.07, 6.45) is 1.98. The Morgan fingerprint density at radius 3 is 2.59 bits per heavy atom. The topological polar surface area (TPSA) is 69.6 Å². The van der Waals surface area contributed by atoms with Crippen molar-refractivity contribution < 1.29 is 14.7 Å². The zero-order valence-electron chi connectivity index (χ0n) is 16.7. The highest BCUT2D eigenvalue weighted by molar-refractivity contribution is 7.99. The lowest BCUT2D eigenvalue weighted by Crippen LogP contribution is -2.43. The molecule has 1 aliphatic rings. The van der Waals surface area contributed by atoms with Crippen LogP contribution in [0, 0.1) is 0 Å². The van der Waals surface area contributed by atoms with Gasteiger partial charge in [-0.1, -0.05) is 30.3 Å². The lowest BCUT2D eigenvalue weighted by Gasteiger charge is -2.31. The fourth-order valence-electron chi connectivity index (χ4n) is 3.55. The van der Waals surface area contributed by atoms with Crippen LogP contribution in [0.5, 0.6) is 0 Å². The van der Waals surface area contributed by atoms with E-state index in [1.54, 1.807) is 11.8 Å². The van der Waals surface area contributed by atoms with Crippen molar-refractivity contribution in [1.82, 2.24) is 4.90 Å². The average molecular weight is 413 g/mol. The molecule has 1 aliphatic heterocycles. The first-order valence-corrected chi connectivity index (χ1v) is 11.0. The second kappa shape index (κ2) is 10.5. The number of amides is 2. The zero-order valence-corrected chi connectivity index (χ0v) is 17.5. The third-order valence-electron chi connectivity index (χ3n) is 5.09. The van der Waals surface area contributed by atoms with Crippen molar-refractivity contribution in [2.45, 2.75) is 49.6 Å². The molecule has 2 aromatic rings. The van der Waals surface area contributed by atoms with Crippen LogP contribution < -0.4 is 5.32 Å². The number of aliphatic hydroxyl groups excluding tert-OH is 1. The molecule has 1 fully saturated rings. The first-order valence-electron chi connectivity index (χ1n) is 10.0. The Kier molecular flexibility index (Phi) is 7.72. The molecule has 0 unspecified atom stereocenters. The molecule has 1 heterocycles. The third kappa shape index (κ3) is 6.61. The van der Waals surface area contributed by atoms with Crippen molar-refractivity contribution in [2.24, 2.45) is 0 Å². The van der Waals surface area contributed by atoms with Crippen molar-refractivity contribution in [2.75, 3.05) is 17.6 Å². The van der Waals surface area contributed by atoms with Crippen LogP contribution in [0.4, 0.5) is 5.69 Å². The van der Waals surface area contributed by atoms with Gasteiger partial charge in [0.1, 0.15) is 0 Å². The minimum atomic E-state index is -0.393. The number of rotatable bonds is 7. The van der Waals surface area contributed by atoms with Gasteiger partial charge in [-0.05, 0) is 49.1 Å². The second-order valence-electron chi connectivity index (χ2n) is 7.43. The van der Waals surface area contributed by atoms with E-state index >= 15 is 0 Å². The predicted molar refractivity (Wildman–Crippen MR) is 117 cm³/mol. The van der Waals surface area contributed by atoms with Gasteiger partial charge in [0.25, 0.3) is 0 Å². The van der Waals surface area contributed by atoms with Gasteiger partial charge in [-0.25, -0.2) is 0 Å². The van der Waals surface area contributed by atoms with Crippen LogP contribution in [0.15, 0.2) is 59.5 Å². The molecular formula is C23H28N2O3S. The standard InChI is InChI=1S/C23H28N2O3S/c1-17(26)24-19-7-10-22(11-8-19)29-16-20(15-18-5-3-2-4-6-18)25-14-13-21(27)9-12-23(25)28/h2-8,10-11,20-21,27H,9,12-16H2,1H3,(H,24,26)/t20-,21-/m0/s1. The fraction of sp³-hybridized carbons (Fsp3) is 0.391. The molecule has 6 heteroatoms. The molecule has 0 bridgehead atoms. The van der Waals surface area contributed by atoms with Crippen LogP contribution in [0.3, 0.4) is 0 Å². The maximum atomic E-state index is 12.7. The molecule has 2 amide bonds. The Balaban J connectivity index is 1.70. The monoisotopic (exact) mass is 412 g/mol. The summed E-state index contributed by atoms with van der Waals surface area (Å²) in [6.45, 7) is 2.09. The molecule has 0 saturated carbocycles. The maximum absolute atomic E-state index is 12.7. The van der Waals surface area contributed by atoms with Crippen molar-refractivity contribution >= 4 is 29.3 Å². The highest BCUT2D eigenvalue weighted by atomic mass is 32.2. The van der Waals surface area contributed by atoms with Crippen molar-refractivity contribution in [1.29, 1.82) is 0 Å². The summed E-state index contributed by atoms with van der Waals surface area (Å²) in [5, 5.41) is 12.8. The van der Waals surface area contributed by atoms with E-state index in [0.717, 1.165) is 22.8 Å². The molecule has 0 aliphatic carbocycles. The molecule has 2 aromatic carbocycles. The van der Waals surface area contributed by atoms with Crippen molar-refractivity contribution in [3.05, 3.63) is 60.2 Å². The second-order valence-corrected chi connectivity index (χ2v) is 8.52. The third-order valence-corrected chi connectivity index (χ3v) is 6.24. The molecule has 2 atom stereocenters. The maximum Gasteiger partial charge on any atom is 0.222 e. The summed E-state index contributed by atoms with van der Waals surface area (Å²) in [5.41, 5.74) is 1.98. The quantitative estimate of drug-likeness (QED) is 0.680. The minimum absolute atomic E-state index is 0.0650.